The fourth-order valence-electron chi connectivity index (χ4n) is 1.66. The minimum absolute atomic E-state index is 0.380. The van der Waals surface area contributed by atoms with E-state index in [4.69, 9.17) is 15.9 Å². The molecule has 0 atom stereocenters. The molecule has 0 spiro atoms. The predicted molar refractivity (Wildman–Crippen MR) is 87.3 cm³/mol. The highest BCUT2D eigenvalue weighted by Crippen LogP contribution is 2.26. The summed E-state index contributed by atoms with van der Waals surface area (Å²) >= 11 is 1.46. The van der Waals surface area contributed by atoms with Crippen molar-refractivity contribution in [3.8, 4) is 11.5 Å². The molecule has 0 amide bonds. The average molecular weight is 307 g/mol. The number of anilines is 1. The number of aromatic nitrogens is 1. The van der Waals surface area contributed by atoms with E-state index in [9.17, 15) is 0 Å². The zero-order valence-electron chi connectivity index (χ0n) is 12.3. The van der Waals surface area contributed by atoms with Gasteiger partial charge in [-0.2, -0.15) is 0 Å². The molecule has 7 heteroatoms. The first-order chi connectivity index (χ1) is 10.1. The Hall–Kier alpha value is -1.86. The number of guanidine groups is 1. The molecule has 0 saturated heterocycles. The molecule has 0 fully saturated rings. The maximum absolute atomic E-state index is 5.83. The normalized spacial score (nSPS) is 12.1. The highest BCUT2D eigenvalue weighted by Gasteiger charge is 2.09. The highest BCUT2D eigenvalue weighted by atomic mass is 32.1. The quantitative estimate of drug-likeness (QED) is 0.562. The van der Waals surface area contributed by atoms with Crippen LogP contribution in [-0.2, 0) is 6.54 Å². The van der Waals surface area contributed by atoms with Crippen molar-refractivity contribution in [2.24, 2.45) is 22.4 Å². The first kappa shape index (κ1) is 15.5. The van der Waals surface area contributed by atoms with Crippen LogP contribution >= 0.6 is 11.3 Å². The summed E-state index contributed by atoms with van der Waals surface area (Å²) in [6.07, 6.45) is 1.01. The van der Waals surface area contributed by atoms with Crippen molar-refractivity contribution in [2.75, 3.05) is 11.9 Å². The number of nitrogens with one attached hydrogen (secondary N) is 1. The minimum atomic E-state index is 0.380. The molecule has 21 heavy (non-hydrogen) atoms. The Morgan fingerprint density at radius 1 is 1.48 bits per heavy atom. The van der Waals surface area contributed by atoms with E-state index in [0.29, 0.717) is 35.9 Å². The van der Waals surface area contributed by atoms with E-state index in [1.807, 2.05) is 17.5 Å². The number of hydrogen-bond donors (Lipinski definition) is 3. The van der Waals surface area contributed by atoms with Gasteiger partial charge in [0.05, 0.1) is 6.54 Å². The van der Waals surface area contributed by atoms with Crippen LogP contribution < -0.4 is 16.8 Å². The molecule has 5 N–H and O–H groups in total. The fraction of sp³-hybridized carbons (Fsp3) is 0.429. The Morgan fingerprint density at radius 3 is 2.95 bits per heavy atom. The second kappa shape index (κ2) is 7.24. The molecule has 0 aliphatic heterocycles. The van der Waals surface area contributed by atoms with Crippen LogP contribution in [0, 0.1) is 5.92 Å². The maximum Gasteiger partial charge on any atom is 0.194 e. The molecule has 114 valence electrons. The Balaban J connectivity index is 1.96. The van der Waals surface area contributed by atoms with Gasteiger partial charge < -0.3 is 21.2 Å². The molecule has 0 aromatic carbocycles. The minimum Gasteiger partial charge on any atom is -0.458 e. The molecule has 0 aliphatic carbocycles. The monoisotopic (exact) mass is 307 g/mol. The lowest BCUT2D eigenvalue weighted by Crippen LogP contribution is -2.22. The number of aliphatic imine (C=N–C) groups is 1. The largest absolute Gasteiger partial charge is 0.458 e. The van der Waals surface area contributed by atoms with Gasteiger partial charge in [-0.25, -0.2) is 4.98 Å². The van der Waals surface area contributed by atoms with Gasteiger partial charge in [0, 0.05) is 11.9 Å². The average Bonchev–Trinajstić information content (AvgIpc) is 3.06. The lowest BCUT2D eigenvalue weighted by Gasteiger charge is -2.03. The Labute approximate surface area is 128 Å². The smallest absolute Gasteiger partial charge is 0.194 e. The number of furan rings is 1. The van der Waals surface area contributed by atoms with Gasteiger partial charge in [0.15, 0.2) is 16.9 Å². The van der Waals surface area contributed by atoms with Crippen molar-refractivity contribution < 1.29 is 4.42 Å². The van der Waals surface area contributed by atoms with Crippen molar-refractivity contribution in [3.05, 3.63) is 23.3 Å². The van der Waals surface area contributed by atoms with Gasteiger partial charge in [-0.1, -0.05) is 13.8 Å². The van der Waals surface area contributed by atoms with Crippen LogP contribution in [0.5, 0.6) is 0 Å². The summed E-state index contributed by atoms with van der Waals surface area (Å²) in [4.78, 5) is 8.69. The molecule has 0 saturated carbocycles. The molecule has 2 heterocycles. The molecule has 0 aliphatic rings. The summed E-state index contributed by atoms with van der Waals surface area (Å²) in [5.74, 6) is 2.44. The van der Waals surface area contributed by atoms with E-state index < -0.39 is 0 Å². The lowest BCUT2D eigenvalue weighted by atomic mass is 10.1. The van der Waals surface area contributed by atoms with Crippen molar-refractivity contribution in [2.45, 2.75) is 26.8 Å². The molecule has 2 rings (SSSR count). The summed E-state index contributed by atoms with van der Waals surface area (Å²) in [6, 6.07) is 3.71. The summed E-state index contributed by atoms with van der Waals surface area (Å²) in [6.45, 7) is 5.41. The van der Waals surface area contributed by atoms with Gasteiger partial charge in [0.25, 0.3) is 0 Å². The summed E-state index contributed by atoms with van der Waals surface area (Å²) in [5, 5.41) is 5.60. The number of nitrogens with two attached hydrogens (primary N) is 2. The van der Waals surface area contributed by atoms with E-state index in [1.165, 1.54) is 11.3 Å². The molecule has 6 nitrogen and oxygen atoms in total. The van der Waals surface area contributed by atoms with E-state index in [0.717, 1.165) is 17.9 Å². The van der Waals surface area contributed by atoms with E-state index in [-0.39, 0.29) is 0 Å². The second-order valence-corrected chi connectivity index (χ2v) is 5.94. The van der Waals surface area contributed by atoms with Gasteiger partial charge in [-0.15, -0.1) is 11.3 Å². The van der Waals surface area contributed by atoms with Crippen molar-refractivity contribution in [1.82, 2.24) is 4.98 Å². The van der Waals surface area contributed by atoms with Crippen molar-refractivity contribution >= 4 is 22.4 Å². The fourth-order valence-corrected chi connectivity index (χ4v) is 2.37. The third-order valence-electron chi connectivity index (χ3n) is 2.84. The third-order valence-corrected chi connectivity index (χ3v) is 3.60. The van der Waals surface area contributed by atoms with Crippen LogP contribution in [0.25, 0.3) is 11.5 Å². The van der Waals surface area contributed by atoms with Crippen LogP contribution in [0.15, 0.2) is 26.9 Å². The van der Waals surface area contributed by atoms with Gasteiger partial charge >= 0.3 is 0 Å². The summed E-state index contributed by atoms with van der Waals surface area (Å²) in [7, 11) is 0. The van der Waals surface area contributed by atoms with Gasteiger partial charge in [-0.05, 0) is 24.5 Å². The molecule has 0 radical (unpaired) electrons. The first-order valence-corrected chi connectivity index (χ1v) is 7.78. The van der Waals surface area contributed by atoms with Crippen LogP contribution in [0.1, 0.15) is 26.0 Å². The van der Waals surface area contributed by atoms with Crippen LogP contribution in [-0.4, -0.2) is 17.5 Å². The first-order valence-electron chi connectivity index (χ1n) is 6.90. The molecule has 2 aromatic heterocycles. The third kappa shape index (κ3) is 4.57. The second-order valence-electron chi connectivity index (χ2n) is 5.08. The van der Waals surface area contributed by atoms with E-state index >= 15 is 0 Å². The van der Waals surface area contributed by atoms with Gasteiger partial charge in [-0.3, -0.25) is 4.99 Å². The maximum atomic E-state index is 5.83. The molecule has 2 aromatic rings. The summed E-state index contributed by atoms with van der Waals surface area (Å²) in [5.41, 5.74) is 12.1. The Kier molecular flexibility index (Phi) is 5.35. The standard InChI is InChI=1S/C14H21N5OS/c1-9(2)5-6-17-13(16)19-14-18-11(8-21-14)12-4-3-10(7-15)20-12/h3-4,8-9H,5-7,15H2,1-2H3,(H3,16,17,18,19). The van der Waals surface area contributed by atoms with Gasteiger partial charge in [0.2, 0.25) is 0 Å². The topological polar surface area (TPSA) is 102 Å². The van der Waals surface area contributed by atoms with Gasteiger partial charge in [0.1, 0.15) is 11.5 Å². The predicted octanol–water partition coefficient (Wildman–Crippen LogP) is 2.63. The Bertz CT molecular complexity index is 602. The molecular formula is C14H21N5OS. The Morgan fingerprint density at radius 2 is 2.29 bits per heavy atom. The van der Waals surface area contributed by atoms with Crippen molar-refractivity contribution in [1.29, 1.82) is 0 Å². The highest BCUT2D eigenvalue weighted by molar-refractivity contribution is 7.14. The zero-order chi connectivity index (χ0) is 15.2. The van der Waals surface area contributed by atoms with E-state index in [2.05, 4.69) is 29.1 Å². The number of thiazole rings is 1. The molecular weight excluding hydrogens is 286 g/mol. The van der Waals surface area contributed by atoms with Crippen LogP contribution in [0.3, 0.4) is 0 Å². The van der Waals surface area contributed by atoms with E-state index in [1.54, 1.807) is 0 Å². The molecule has 0 bridgehead atoms. The number of rotatable bonds is 6. The summed E-state index contributed by atoms with van der Waals surface area (Å²) < 4.78 is 5.56. The zero-order valence-corrected chi connectivity index (χ0v) is 13.1. The number of hydrogen-bond acceptors (Lipinski definition) is 5. The lowest BCUT2D eigenvalue weighted by molar-refractivity contribution is 0.524. The molecule has 0 unspecified atom stereocenters. The number of nitrogens with zero attached hydrogens (tertiary/aromatic N) is 2. The van der Waals surface area contributed by atoms with Crippen LogP contribution in [0.4, 0.5) is 5.13 Å². The SMILES string of the molecule is CC(C)CCN=C(N)Nc1nc(-c2ccc(CN)o2)cs1. The van der Waals surface area contributed by atoms with Crippen LogP contribution in [0.2, 0.25) is 0 Å². The van der Waals surface area contributed by atoms with Crippen molar-refractivity contribution in [3.63, 3.8) is 0 Å².